The lowest BCUT2D eigenvalue weighted by molar-refractivity contribution is -0.116. The van der Waals surface area contributed by atoms with Crippen LogP contribution in [0.2, 0.25) is 5.02 Å². The second-order valence-electron chi connectivity index (χ2n) is 6.16. The number of hydrogen-bond acceptors (Lipinski definition) is 4. The predicted molar refractivity (Wildman–Crippen MR) is 112 cm³/mol. The Kier molecular flexibility index (Phi) is 7.22. The van der Waals surface area contributed by atoms with Crippen LogP contribution in [0.3, 0.4) is 0 Å². The van der Waals surface area contributed by atoms with Crippen molar-refractivity contribution in [1.29, 1.82) is 0 Å². The number of rotatable bonds is 6. The number of hydrogen-bond donors (Lipinski definition) is 1. The summed E-state index contributed by atoms with van der Waals surface area (Å²) in [6, 6.07) is 10.6. The van der Waals surface area contributed by atoms with Gasteiger partial charge in [-0.1, -0.05) is 27.5 Å². The maximum absolute atomic E-state index is 12.5. The minimum atomic E-state index is -3.80. The summed E-state index contributed by atoms with van der Waals surface area (Å²) < 4.78 is 26.8. The molecular formula is C18H19BrClN3O4S. The van der Waals surface area contributed by atoms with E-state index in [1.54, 1.807) is 26.2 Å². The van der Waals surface area contributed by atoms with Crippen molar-refractivity contribution >= 4 is 55.1 Å². The van der Waals surface area contributed by atoms with Crippen LogP contribution in [0.1, 0.15) is 10.4 Å². The SMILES string of the molecule is CN(C)C(=O)c1ccc(NC(=O)CN(C)S(=O)(=O)c2ccc(Br)cc2)cc1Cl. The quantitative estimate of drug-likeness (QED) is 0.677. The van der Waals surface area contributed by atoms with Crippen molar-refractivity contribution in [3.05, 3.63) is 57.5 Å². The highest BCUT2D eigenvalue weighted by Crippen LogP contribution is 2.22. The van der Waals surface area contributed by atoms with Gasteiger partial charge < -0.3 is 10.2 Å². The molecule has 1 N–H and O–H groups in total. The highest BCUT2D eigenvalue weighted by Gasteiger charge is 2.23. The summed E-state index contributed by atoms with van der Waals surface area (Å²) >= 11 is 9.36. The van der Waals surface area contributed by atoms with Gasteiger partial charge >= 0.3 is 0 Å². The average Bonchev–Trinajstić information content (AvgIpc) is 2.61. The van der Waals surface area contributed by atoms with Crippen LogP contribution < -0.4 is 5.32 Å². The van der Waals surface area contributed by atoms with Gasteiger partial charge in [-0.3, -0.25) is 9.59 Å². The number of anilines is 1. The molecule has 2 amide bonds. The molecule has 10 heteroatoms. The molecule has 0 bridgehead atoms. The van der Waals surface area contributed by atoms with Crippen molar-refractivity contribution < 1.29 is 18.0 Å². The summed E-state index contributed by atoms with van der Waals surface area (Å²) in [5.41, 5.74) is 0.666. The number of carbonyl (C=O) groups excluding carboxylic acids is 2. The van der Waals surface area contributed by atoms with Crippen LogP contribution in [0.15, 0.2) is 51.8 Å². The molecule has 0 saturated heterocycles. The Balaban J connectivity index is 2.08. The molecule has 7 nitrogen and oxygen atoms in total. The molecule has 0 heterocycles. The van der Waals surface area contributed by atoms with Crippen LogP contribution in [0, 0.1) is 0 Å². The fraction of sp³-hybridized carbons (Fsp3) is 0.222. The van der Waals surface area contributed by atoms with Crippen molar-refractivity contribution in [2.24, 2.45) is 0 Å². The number of nitrogens with one attached hydrogen (secondary N) is 1. The monoisotopic (exact) mass is 487 g/mol. The van der Waals surface area contributed by atoms with Gasteiger partial charge in [0.2, 0.25) is 15.9 Å². The molecule has 0 radical (unpaired) electrons. The van der Waals surface area contributed by atoms with Crippen molar-refractivity contribution in [3.63, 3.8) is 0 Å². The first-order valence-electron chi connectivity index (χ1n) is 8.05. The van der Waals surface area contributed by atoms with Crippen LogP contribution in [0.5, 0.6) is 0 Å². The largest absolute Gasteiger partial charge is 0.345 e. The number of benzene rings is 2. The van der Waals surface area contributed by atoms with Gasteiger partial charge in [0, 0.05) is 31.3 Å². The Labute approximate surface area is 177 Å². The predicted octanol–water partition coefficient (Wildman–Crippen LogP) is 3.06. The van der Waals surface area contributed by atoms with E-state index in [0.29, 0.717) is 11.3 Å². The van der Waals surface area contributed by atoms with E-state index >= 15 is 0 Å². The fourth-order valence-electron chi connectivity index (χ4n) is 2.28. The first-order chi connectivity index (χ1) is 13.0. The third kappa shape index (κ3) is 5.32. The Bertz CT molecular complexity index is 994. The van der Waals surface area contributed by atoms with Gasteiger partial charge in [0.25, 0.3) is 5.91 Å². The molecule has 0 aliphatic rings. The summed E-state index contributed by atoms with van der Waals surface area (Å²) in [6.45, 7) is -0.381. The van der Waals surface area contributed by atoms with Crippen molar-refractivity contribution in [1.82, 2.24) is 9.21 Å². The zero-order valence-electron chi connectivity index (χ0n) is 15.4. The molecule has 0 aromatic heterocycles. The molecule has 2 aromatic carbocycles. The van der Waals surface area contributed by atoms with E-state index in [1.807, 2.05) is 0 Å². The van der Waals surface area contributed by atoms with Crippen molar-refractivity contribution in [3.8, 4) is 0 Å². The van der Waals surface area contributed by atoms with E-state index in [-0.39, 0.29) is 22.4 Å². The number of carbonyl (C=O) groups is 2. The van der Waals surface area contributed by atoms with Gasteiger partial charge in [0.05, 0.1) is 22.0 Å². The Hall–Kier alpha value is -1.94. The van der Waals surface area contributed by atoms with Gasteiger partial charge in [-0.15, -0.1) is 0 Å². The summed E-state index contributed by atoms with van der Waals surface area (Å²) in [7, 11) is 0.733. The Morgan fingerprint density at radius 2 is 1.68 bits per heavy atom. The molecule has 150 valence electrons. The van der Waals surface area contributed by atoms with Gasteiger partial charge in [0.1, 0.15) is 0 Å². The van der Waals surface area contributed by atoms with Crippen molar-refractivity contribution in [2.45, 2.75) is 4.90 Å². The summed E-state index contributed by atoms with van der Waals surface area (Å²) in [6.07, 6.45) is 0. The van der Waals surface area contributed by atoms with Crippen LogP contribution in [0.25, 0.3) is 0 Å². The summed E-state index contributed by atoms with van der Waals surface area (Å²) in [5.74, 6) is -0.797. The molecule has 0 atom stereocenters. The molecule has 0 aliphatic carbocycles. The van der Waals surface area contributed by atoms with Crippen LogP contribution in [-0.2, 0) is 14.8 Å². The number of sulfonamides is 1. The maximum Gasteiger partial charge on any atom is 0.254 e. The minimum absolute atomic E-state index is 0.0839. The third-order valence-electron chi connectivity index (χ3n) is 3.78. The number of nitrogens with zero attached hydrogens (tertiary/aromatic N) is 2. The topological polar surface area (TPSA) is 86.8 Å². The second kappa shape index (κ2) is 9.04. The molecule has 0 unspecified atom stereocenters. The molecule has 2 rings (SSSR count). The Morgan fingerprint density at radius 3 is 2.21 bits per heavy atom. The smallest absolute Gasteiger partial charge is 0.254 e. The van der Waals surface area contributed by atoms with E-state index in [1.165, 1.54) is 42.3 Å². The minimum Gasteiger partial charge on any atom is -0.345 e. The van der Waals surface area contributed by atoms with E-state index in [0.717, 1.165) is 8.78 Å². The number of halogens is 2. The Morgan fingerprint density at radius 1 is 1.07 bits per heavy atom. The summed E-state index contributed by atoms with van der Waals surface area (Å²) in [4.78, 5) is 25.7. The lowest BCUT2D eigenvalue weighted by Crippen LogP contribution is -2.35. The standard InChI is InChI=1S/C18H19BrClN3O4S/c1-22(2)18(25)15-9-6-13(10-16(15)20)21-17(24)11-23(3)28(26,27)14-7-4-12(19)5-8-14/h4-10H,11H2,1-3H3,(H,21,24). The lowest BCUT2D eigenvalue weighted by atomic mass is 10.2. The van der Waals surface area contributed by atoms with Crippen LogP contribution in [-0.4, -0.2) is 57.1 Å². The zero-order valence-corrected chi connectivity index (χ0v) is 18.6. The highest BCUT2D eigenvalue weighted by molar-refractivity contribution is 9.10. The van der Waals surface area contributed by atoms with Gasteiger partial charge in [-0.25, -0.2) is 8.42 Å². The molecule has 0 aliphatic heterocycles. The van der Waals surface area contributed by atoms with E-state index in [2.05, 4.69) is 21.2 Å². The van der Waals surface area contributed by atoms with Crippen LogP contribution in [0.4, 0.5) is 5.69 Å². The van der Waals surface area contributed by atoms with Gasteiger partial charge in [-0.05, 0) is 42.5 Å². The molecule has 0 spiro atoms. The lowest BCUT2D eigenvalue weighted by Gasteiger charge is -2.17. The average molecular weight is 489 g/mol. The molecule has 0 saturated carbocycles. The molecule has 0 fully saturated rings. The molecule has 2 aromatic rings. The van der Waals surface area contributed by atoms with E-state index in [9.17, 15) is 18.0 Å². The van der Waals surface area contributed by atoms with E-state index in [4.69, 9.17) is 11.6 Å². The number of likely N-dealkylation sites (N-methyl/N-ethyl adjacent to an activating group) is 1. The fourth-order valence-corrected chi connectivity index (χ4v) is 3.93. The summed E-state index contributed by atoms with van der Waals surface area (Å²) in [5, 5.41) is 2.77. The zero-order chi connectivity index (χ0) is 21.1. The van der Waals surface area contributed by atoms with Crippen LogP contribution >= 0.6 is 27.5 Å². The van der Waals surface area contributed by atoms with E-state index < -0.39 is 15.9 Å². The first kappa shape index (κ1) is 22.4. The number of amides is 2. The second-order valence-corrected chi connectivity index (χ2v) is 9.53. The molecule has 28 heavy (non-hydrogen) atoms. The van der Waals surface area contributed by atoms with Gasteiger partial charge in [0.15, 0.2) is 0 Å². The highest BCUT2D eigenvalue weighted by atomic mass is 79.9. The van der Waals surface area contributed by atoms with Gasteiger partial charge in [-0.2, -0.15) is 4.31 Å². The normalized spacial score (nSPS) is 11.4. The van der Waals surface area contributed by atoms with Crippen molar-refractivity contribution in [2.75, 3.05) is 33.0 Å². The maximum atomic E-state index is 12.5. The third-order valence-corrected chi connectivity index (χ3v) is 6.44. The molecular weight excluding hydrogens is 470 g/mol. The first-order valence-corrected chi connectivity index (χ1v) is 10.7.